The fourth-order valence-electron chi connectivity index (χ4n) is 3.40. The Kier molecular flexibility index (Phi) is 7.45. The molecule has 0 aliphatic rings. The van der Waals surface area contributed by atoms with Gasteiger partial charge in [-0.1, -0.05) is 48.5 Å². The first kappa shape index (κ1) is 20.6. The maximum atomic E-state index is 12.0. The molecule has 0 saturated heterocycles. The zero-order chi connectivity index (χ0) is 20.5. The number of benzene rings is 2. The highest BCUT2D eigenvalue weighted by atomic mass is 16.5. The maximum absolute atomic E-state index is 12.0. The van der Waals surface area contributed by atoms with E-state index in [2.05, 4.69) is 28.5 Å². The average molecular weight is 392 g/mol. The first-order valence-corrected chi connectivity index (χ1v) is 10.2. The van der Waals surface area contributed by atoms with Gasteiger partial charge in [0.15, 0.2) is 6.61 Å². The van der Waals surface area contributed by atoms with Gasteiger partial charge in [0.25, 0.3) is 5.91 Å². The summed E-state index contributed by atoms with van der Waals surface area (Å²) in [6, 6.07) is 18.3. The molecular weight excluding hydrogens is 364 g/mol. The highest BCUT2D eigenvalue weighted by Crippen LogP contribution is 2.19. The van der Waals surface area contributed by atoms with Gasteiger partial charge in [0.05, 0.1) is 0 Å². The number of fused-ring (bicyclic) bond motifs is 1. The number of carbonyl (C=O) groups excluding carboxylic acids is 2. The van der Waals surface area contributed by atoms with Gasteiger partial charge in [-0.25, -0.2) is 0 Å². The monoisotopic (exact) mass is 392 g/mol. The van der Waals surface area contributed by atoms with Gasteiger partial charge in [-0.3, -0.25) is 9.59 Å². The number of carbonyl (C=O) groups is 2. The summed E-state index contributed by atoms with van der Waals surface area (Å²) in [5.74, 6) is -0.590. The minimum Gasteiger partial charge on any atom is -0.456 e. The van der Waals surface area contributed by atoms with E-state index in [4.69, 9.17) is 4.74 Å². The molecule has 3 rings (SSSR count). The zero-order valence-corrected chi connectivity index (χ0v) is 16.8. The van der Waals surface area contributed by atoms with Crippen LogP contribution in [0.15, 0.2) is 60.8 Å². The molecule has 152 valence electrons. The molecule has 2 N–H and O–H groups in total. The van der Waals surface area contributed by atoms with E-state index in [1.165, 1.54) is 16.5 Å². The quantitative estimate of drug-likeness (QED) is 0.509. The number of para-hydroxylation sites is 1. The maximum Gasteiger partial charge on any atom is 0.306 e. The molecule has 0 radical (unpaired) electrons. The van der Waals surface area contributed by atoms with Crippen LogP contribution in [0.2, 0.25) is 0 Å². The first-order valence-electron chi connectivity index (χ1n) is 10.2. The molecule has 5 nitrogen and oxygen atoms in total. The lowest BCUT2D eigenvalue weighted by molar-refractivity contribution is -0.148. The number of aromatic amines is 1. The Morgan fingerprint density at radius 2 is 1.79 bits per heavy atom. The molecule has 1 atom stereocenters. The third kappa shape index (κ3) is 6.49. The van der Waals surface area contributed by atoms with E-state index in [1.807, 2.05) is 49.5 Å². The lowest BCUT2D eigenvalue weighted by atomic mass is 10.1. The van der Waals surface area contributed by atoms with Crippen LogP contribution in [-0.4, -0.2) is 29.5 Å². The topological polar surface area (TPSA) is 71.2 Å². The standard InChI is InChI=1S/C24H28N2O3/c1-18(14-15-19-8-3-2-4-9-19)26-23(27)17-29-24(28)13-7-10-20-16-25-22-12-6-5-11-21(20)22/h2-6,8-9,11-12,16,18,25H,7,10,13-15,17H2,1H3,(H,26,27)/t18-/m1/s1. The third-order valence-electron chi connectivity index (χ3n) is 4.98. The number of H-pyrrole nitrogens is 1. The summed E-state index contributed by atoms with van der Waals surface area (Å²) in [5, 5.41) is 4.07. The van der Waals surface area contributed by atoms with Crippen molar-refractivity contribution in [1.82, 2.24) is 10.3 Å². The van der Waals surface area contributed by atoms with Crippen LogP contribution in [0, 0.1) is 0 Å². The van der Waals surface area contributed by atoms with Crippen LogP contribution >= 0.6 is 0 Å². The van der Waals surface area contributed by atoms with Crippen molar-refractivity contribution in [2.75, 3.05) is 6.61 Å². The summed E-state index contributed by atoms with van der Waals surface area (Å²) in [6.07, 6.45) is 5.51. The Labute approximate surface area is 171 Å². The van der Waals surface area contributed by atoms with Gasteiger partial charge in [-0.15, -0.1) is 0 Å². The lowest BCUT2D eigenvalue weighted by Crippen LogP contribution is -2.36. The number of hydrogen-bond acceptors (Lipinski definition) is 3. The predicted octanol–water partition coefficient (Wildman–Crippen LogP) is 4.17. The second-order valence-corrected chi connectivity index (χ2v) is 7.37. The Bertz CT molecular complexity index is 933. The molecule has 2 aromatic carbocycles. The number of nitrogens with one attached hydrogen (secondary N) is 2. The Morgan fingerprint density at radius 1 is 1.03 bits per heavy atom. The van der Waals surface area contributed by atoms with Crippen molar-refractivity contribution in [3.05, 3.63) is 71.9 Å². The van der Waals surface area contributed by atoms with Crippen LogP contribution in [0.4, 0.5) is 0 Å². The number of aryl methyl sites for hydroxylation is 2. The number of rotatable bonds is 10. The average Bonchev–Trinajstić information content (AvgIpc) is 3.15. The SMILES string of the molecule is C[C@H](CCc1ccccc1)NC(=O)COC(=O)CCCc1c[nH]c2ccccc12. The van der Waals surface area contributed by atoms with Crippen LogP contribution in [-0.2, 0) is 27.2 Å². The van der Waals surface area contributed by atoms with E-state index in [9.17, 15) is 9.59 Å². The lowest BCUT2D eigenvalue weighted by Gasteiger charge is -2.14. The van der Waals surface area contributed by atoms with Gasteiger partial charge >= 0.3 is 5.97 Å². The molecule has 0 aliphatic heterocycles. The summed E-state index contributed by atoms with van der Waals surface area (Å²) in [6.45, 7) is 1.74. The number of hydrogen-bond donors (Lipinski definition) is 2. The molecule has 0 bridgehead atoms. The van der Waals surface area contributed by atoms with Gasteiger partial charge in [-0.2, -0.15) is 0 Å². The third-order valence-corrected chi connectivity index (χ3v) is 4.98. The minimum absolute atomic E-state index is 0.0308. The van der Waals surface area contributed by atoms with Crippen LogP contribution in [0.25, 0.3) is 10.9 Å². The molecule has 0 saturated carbocycles. The number of esters is 1. The molecule has 0 spiro atoms. The molecule has 1 amide bonds. The van der Waals surface area contributed by atoms with Crippen molar-refractivity contribution >= 4 is 22.8 Å². The van der Waals surface area contributed by atoms with Crippen molar-refractivity contribution in [3.8, 4) is 0 Å². The van der Waals surface area contributed by atoms with Gasteiger partial charge in [0.2, 0.25) is 0 Å². The second kappa shape index (κ2) is 10.5. The fraction of sp³-hybridized carbons (Fsp3) is 0.333. The summed E-state index contributed by atoms with van der Waals surface area (Å²) < 4.78 is 5.12. The van der Waals surface area contributed by atoms with Crippen molar-refractivity contribution in [2.24, 2.45) is 0 Å². The molecule has 0 aliphatic carbocycles. The molecule has 5 heteroatoms. The van der Waals surface area contributed by atoms with E-state index in [-0.39, 0.29) is 24.5 Å². The minimum atomic E-state index is -0.336. The zero-order valence-electron chi connectivity index (χ0n) is 16.8. The molecule has 0 unspecified atom stereocenters. The summed E-state index contributed by atoms with van der Waals surface area (Å²) >= 11 is 0. The van der Waals surface area contributed by atoms with E-state index in [1.54, 1.807) is 0 Å². The summed E-state index contributed by atoms with van der Waals surface area (Å²) in [4.78, 5) is 27.1. The van der Waals surface area contributed by atoms with Gasteiger partial charge in [0.1, 0.15) is 0 Å². The molecule has 3 aromatic rings. The Hall–Kier alpha value is -3.08. The van der Waals surface area contributed by atoms with E-state index in [0.717, 1.165) is 24.8 Å². The molecule has 1 heterocycles. The Balaban J connectivity index is 1.31. The van der Waals surface area contributed by atoms with E-state index in [0.29, 0.717) is 12.8 Å². The van der Waals surface area contributed by atoms with Gasteiger partial charge in [-0.05, 0) is 49.8 Å². The van der Waals surface area contributed by atoms with Crippen LogP contribution in [0.5, 0.6) is 0 Å². The first-order chi connectivity index (χ1) is 14.1. The highest BCUT2D eigenvalue weighted by molar-refractivity contribution is 5.83. The smallest absolute Gasteiger partial charge is 0.306 e. The highest BCUT2D eigenvalue weighted by Gasteiger charge is 2.11. The van der Waals surface area contributed by atoms with E-state index >= 15 is 0 Å². The molecule has 0 fully saturated rings. The predicted molar refractivity (Wildman–Crippen MR) is 115 cm³/mol. The number of aromatic nitrogens is 1. The number of ether oxygens (including phenoxy) is 1. The molecular formula is C24H28N2O3. The van der Waals surface area contributed by atoms with Crippen molar-refractivity contribution in [3.63, 3.8) is 0 Å². The normalized spacial score (nSPS) is 11.9. The summed E-state index contributed by atoms with van der Waals surface area (Å²) in [7, 11) is 0. The second-order valence-electron chi connectivity index (χ2n) is 7.37. The van der Waals surface area contributed by atoms with Crippen molar-refractivity contribution in [2.45, 2.75) is 45.1 Å². The largest absolute Gasteiger partial charge is 0.456 e. The summed E-state index contributed by atoms with van der Waals surface area (Å²) in [5.41, 5.74) is 3.54. The fourth-order valence-corrected chi connectivity index (χ4v) is 3.40. The van der Waals surface area contributed by atoms with Crippen molar-refractivity contribution < 1.29 is 14.3 Å². The molecule has 29 heavy (non-hydrogen) atoms. The van der Waals surface area contributed by atoms with Gasteiger partial charge < -0.3 is 15.0 Å². The van der Waals surface area contributed by atoms with Gasteiger partial charge in [0, 0.05) is 29.6 Å². The van der Waals surface area contributed by atoms with Crippen molar-refractivity contribution in [1.29, 1.82) is 0 Å². The number of amides is 1. The van der Waals surface area contributed by atoms with E-state index < -0.39 is 0 Å². The van der Waals surface area contributed by atoms with Crippen LogP contribution < -0.4 is 5.32 Å². The van der Waals surface area contributed by atoms with Crippen LogP contribution in [0.1, 0.15) is 37.3 Å². The molecule has 1 aromatic heterocycles. The Morgan fingerprint density at radius 3 is 2.62 bits per heavy atom. The van der Waals surface area contributed by atoms with Crippen LogP contribution in [0.3, 0.4) is 0 Å².